The Morgan fingerprint density at radius 1 is 1.45 bits per heavy atom. The predicted octanol–water partition coefficient (Wildman–Crippen LogP) is 1.16. The van der Waals surface area contributed by atoms with E-state index in [0.717, 1.165) is 16.4 Å². The van der Waals surface area contributed by atoms with E-state index in [1.165, 1.54) is 13.1 Å². The summed E-state index contributed by atoms with van der Waals surface area (Å²) < 4.78 is 25.9. The Hall–Kier alpha value is -1.71. The number of nitrogens with two attached hydrogens (primary N) is 1. The van der Waals surface area contributed by atoms with Gasteiger partial charge in [0, 0.05) is 19.7 Å². The highest BCUT2D eigenvalue weighted by molar-refractivity contribution is 7.89. The number of hydrogen-bond acceptors (Lipinski definition) is 6. The number of nitrogens with one attached hydrogen (secondary N) is 1. The summed E-state index contributed by atoms with van der Waals surface area (Å²) in [6.07, 6.45) is 0. The van der Waals surface area contributed by atoms with Gasteiger partial charge in [-0.2, -0.15) is 0 Å². The van der Waals surface area contributed by atoms with Crippen LogP contribution in [0.2, 0.25) is 0 Å². The molecule has 0 bridgehead atoms. The molecular weight excluding hydrogens is 284 g/mol. The van der Waals surface area contributed by atoms with Crippen molar-refractivity contribution in [3.8, 4) is 0 Å². The lowest BCUT2D eigenvalue weighted by Gasteiger charge is -2.19. The molecule has 0 saturated heterocycles. The Kier molecular flexibility index (Phi) is 5.03. The average molecular weight is 302 g/mol. The Morgan fingerprint density at radius 3 is 2.50 bits per heavy atom. The smallest absolute Gasteiger partial charge is 0.289 e. The van der Waals surface area contributed by atoms with Crippen LogP contribution in [0.15, 0.2) is 23.1 Å². The van der Waals surface area contributed by atoms with Crippen LogP contribution in [0.1, 0.15) is 13.8 Å². The molecule has 0 fully saturated rings. The Labute approximate surface area is 117 Å². The van der Waals surface area contributed by atoms with Gasteiger partial charge in [-0.05, 0) is 18.1 Å². The van der Waals surface area contributed by atoms with Crippen LogP contribution in [0, 0.1) is 16.0 Å². The van der Waals surface area contributed by atoms with Crippen molar-refractivity contribution in [1.29, 1.82) is 0 Å². The molecule has 8 nitrogen and oxygen atoms in total. The number of nitrogen functional groups attached to an aromatic ring is 1. The molecule has 0 spiro atoms. The number of benzene rings is 1. The summed E-state index contributed by atoms with van der Waals surface area (Å²) >= 11 is 0. The molecule has 20 heavy (non-hydrogen) atoms. The molecule has 0 amide bonds. The van der Waals surface area contributed by atoms with Crippen LogP contribution in [-0.2, 0) is 10.0 Å². The third-order valence-corrected chi connectivity index (χ3v) is 4.49. The molecular formula is C11H18N4O4S. The second kappa shape index (κ2) is 6.16. The monoisotopic (exact) mass is 302 g/mol. The first-order valence-electron chi connectivity index (χ1n) is 5.91. The largest absolute Gasteiger partial charge is 0.324 e. The zero-order chi connectivity index (χ0) is 15.5. The standard InChI is InChI=1S/C11H18N4O4S/c1-8(2)7-14(3)20(18,19)11-6-9(13-12)4-5-10(11)15(16)17/h4-6,8,13H,7,12H2,1-3H3. The van der Waals surface area contributed by atoms with Gasteiger partial charge >= 0.3 is 0 Å². The molecule has 0 radical (unpaired) electrons. The van der Waals surface area contributed by atoms with E-state index in [1.807, 2.05) is 13.8 Å². The van der Waals surface area contributed by atoms with E-state index in [2.05, 4.69) is 5.43 Å². The van der Waals surface area contributed by atoms with E-state index < -0.39 is 20.6 Å². The number of nitrogens with zero attached hydrogens (tertiary/aromatic N) is 2. The fourth-order valence-corrected chi connectivity index (χ4v) is 3.25. The van der Waals surface area contributed by atoms with Gasteiger partial charge < -0.3 is 5.43 Å². The van der Waals surface area contributed by atoms with E-state index in [0.29, 0.717) is 0 Å². The molecule has 1 aromatic rings. The fraction of sp³-hybridized carbons (Fsp3) is 0.455. The number of nitro groups is 1. The molecule has 0 aliphatic carbocycles. The topological polar surface area (TPSA) is 119 Å². The molecule has 0 atom stereocenters. The summed E-state index contributed by atoms with van der Waals surface area (Å²) in [5, 5.41) is 11.0. The van der Waals surface area contributed by atoms with Gasteiger partial charge in [-0.15, -0.1) is 0 Å². The summed E-state index contributed by atoms with van der Waals surface area (Å²) in [6, 6.07) is 3.62. The zero-order valence-corrected chi connectivity index (χ0v) is 12.3. The fourth-order valence-electron chi connectivity index (χ4n) is 1.74. The summed E-state index contributed by atoms with van der Waals surface area (Å²) in [7, 11) is -2.56. The van der Waals surface area contributed by atoms with E-state index in [1.54, 1.807) is 0 Å². The van der Waals surface area contributed by atoms with E-state index >= 15 is 0 Å². The first-order chi connectivity index (χ1) is 9.20. The third-order valence-electron chi connectivity index (χ3n) is 2.63. The average Bonchev–Trinajstić information content (AvgIpc) is 2.36. The molecule has 0 aromatic heterocycles. The van der Waals surface area contributed by atoms with Gasteiger partial charge in [0.1, 0.15) is 0 Å². The van der Waals surface area contributed by atoms with Crippen LogP contribution < -0.4 is 11.3 Å². The van der Waals surface area contributed by atoms with Crippen molar-refractivity contribution in [2.24, 2.45) is 11.8 Å². The van der Waals surface area contributed by atoms with Gasteiger partial charge in [0.05, 0.1) is 10.6 Å². The molecule has 1 aromatic carbocycles. The van der Waals surface area contributed by atoms with Gasteiger partial charge in [-0.25, -0.2) is 12.7 Å². The SMILES string of the molecule is CC(C)CN(C)S(=O)(=O)c1cc(NN)ccc1[N+](=O)[O-]. The minimum Gasteiger partial charge on any atom is -0.324 e. The number of hydrazine groups is 1. The predicted molar refractivity (Wildman–Crippen MR) is 75.6 cm³/mol. The van der Waals surface area contributed by atoms with Crippen molar-refractivity contribution >= 4 is 21.4 Å². The highest BCUT2D eigenvalue weighted by atomic mass is 32.2. The van der Waals surface area contributed by atoms with Crippen molar-refractivity contribution < 1.29 is 13.3 Å². The number of rotatable bonds is 6. The maximum atomic E-state index is 12.4. The molecule has 3 N–H and O–H groups in total. The van der Waals surface area contributed by atoms with Crippen molar-refractivity contribution in [1.82, 2.24) is 4.31 Å². The van der Waals surface area contributed by atoms with Crippen LogP contribution in [0.25, 0.3) is 0 Å². The van der Waals surface area contributed by atoms with Crippen molar-refractivity contribution in [2.45, 2.75) is 18.7 Å². The third kappa shape index (κ3) is 3.44. The lowest BCUT2D eigenvalue weighted by atomic mass is 10.2. The molecule has 0 aliphatic rings. The Balaban J connectivity index is 3.38. The first kappa shape index (κ1) is 16.3. The van der Waals surface area contributed by atoms with E-state index in [-0.39, 0.29) is 23.0 Å². The van der Waals surface area contributed by atoms with Crippen LogP contribution in [0.4, 0.5) is 11.4 Å². The number of hydrogen-bond donors (Lipinski definition) is 2. The lowest BCUT2D eigenvalue weighted by molar-refractivity contribution is -0.387. The quantitative estimate of drug-likeness (QED) is 0.462. The Bertz CT molecular complexity index is 600. The second-order valence-electron chi connectivity index (χ2n) is 4.76. The van der Waals surface area contributed by atoms with Crippen LogP contribution >= 0.6 is 0 Å². The molecule has 0 aliphatic heterocycles. The van der Waals surface area contributed by atoms with Gasteiger partial charge in [0.25, 0.3) is 5.69 Å². The van der Waals surface area contributed by atoms with Crippen molar-refractivity contribution in [3.63, 3.8) is 0 Å². The van der Waals surface area contributed by atoms with E-state index in [4.69, 9.17) is 5.84 Å². The molecule has 0 unspecified atom stereocenters. The van der Waals surface area contributed by atoms with Crippen molar-refractivity contribution in [2.75, 3.05) is 19.0 Å². The van der Waals surface area contributed by atoms with Gasteiger partial charge in [-0.1, -0.05) is 13.8 Å². The number of nitro benzene ring substituents is 1. The van der Waals surface area contributed by atoms with Crippen LogP contribution in [0.3, 0.4) is 0 Å². The van der Waals surface area contributed by atoms with Crippen LogP contribution in [0.5, 0.6) is 0 Å². The maximum absolute atomic E-state index is 12.4. The summed E-state index contributed by atoms with van der Waals surface area (Å²) in [4.78, 5) is 9.88. The highest BCUT2D eigenvalue weighted by Crippen LogP contribution is 2.29. The molecule has 1 rings (SSSR count). The molecule has 0 saturated carbocycles. The van der Waals surface area contributed by atoms with Gasteiger partial charge in [0.2, 0.25) is 10.0 Å². The van der Waals surface area contributed by atoms with Gasteiger partial charge in [-0.3, -0.25) is 16.0 Å². The number of sulfonamides is 1. The van der Waals surface area contributed by atoms with Crippen molar-refractivity contribution in [3.05, 3.63) is 28.3 Å². The molecule has 112 valence electrons. The normalized spacial score (nSPS) is 11.9. The minimum atomic E-state index is -3.95. The second-order valence-corrected chi connectivity index (χ2v) is 6.78. The minimum absolute atomic E-state index is 0.102. The molecule has 0 heterocycles. The maximum Gasteiger partial charge on any atom is 0.289 e. The lowest BCUT2D eigenvalue weighted by Crippen LogP contribution is -2.31. The number of anilines is 1. The summed E-state index contributed by atoms with van der Waals surface area (Å²) in [5.41, 5.74) is 2.09. The first-order valence-corrected chi connectivity index (χ1v) is 7.35. The van der Waals surface area contributed by atoms with E-state index in [9.17, 15) is 18.5 Å². The highest BCUT2D eigenvalue weighted by Gasteiger charge is 2.30. The van der Waals surface area contributed by atoms with Gasteiger partial charge in [0.15, 0.2) is 4.90 Å². The zero-order valence-electron chi connectivity index (χ0n) is 11.5. The Morgan fingerprint density at radius 2 is 2.05 bits per heavy atom. The summed E-state index contributed by atoms with van der Waals surface area (Å²) in [5.74, 6) is 5.32. The molecule has 9 heteroatoms. The van der Waals surface area contributed by atoms with Crippen LogP contribution in [-0.4, -0.2) is 31.2 Å². The summed E-state index contributed by atoms with van der Waals surface area (Å²) in [6.45, 7) is 3.98.